The number of halogens is 2. The monoisotopic (exact) mass is 494 g/mol. The van der Waals surface area contributed by atoms with Gasteiger partial charge in [-0.2, -0.15) is 0 Å². The number of nitrogens with zero attached hydrogens (tertiary/aromatic N) is 2. The summed E-state index contributed by atoms with van der Waals surface area (Å²) in [5.41, 5.74) is 2.73. The van der Waals surface area contributed by atoms with Crippen LogP contribution in [0.2, 0.25) is 5.02 Å². The molecule has 0 bridgehead atoms. The van der Waals surface area contributed by atoms with Crippen LogP contribution >= 0.6 is 11.6 Å². The van der Waals surface area contributed by atoms with E-state index in [0.717, 1.165) is 48.9 Å². The molecule has 4 rings (SSSR count). The van der Waals surface area contributed by atoms with E-state index >= 15 is 0 Å². The van der Waals surface area contributed by atoms with Gasteiger partial charge in [-0.3, -0.25) is 4.79 Å². The molecule has 1 saturated carbocycles. The van der Waals surface area contributed by atoms with Crippen LogP contribution in [0.15, 0.2) is 54.7 Å². The summed E-state index contributed by atoms with van der Waals surface area (Å²) in [6.07, 6.45) is 6.44. The van der Waals surface area contributed by atoms with E-state index < -0.39 is 5.41 Å². The number of nitrogens with one attached hydrogen (secondary N) is 2. The van der Waals surface area contributed by atoms with Crippen LogP contribution in [0.1, 0.15) is 86.1 Å². The Morgan fingerprint density at radius 3 is 2.37 bits per heavy atom. The van der Waals surface area contributed by atoms with Crippen molar-refractivity contribution in [1.29, 1.82) is 0 Å². The Labute approximate surface area is 211 Å². The average molecular weight is 495 g/mol. The van der Waals surface area contributed by atoms with Crippen LogP contribution in [-0.4, -0.2) is 21.9 Å². The fourth-order valence-corrected chi connectivity index (χ4v) is 4.95. The summed E-state index contributed by atoms with van der Waals surface area (Å²) in [5.74, 6) is -0.0247. The average Bonchev–Trinajstić information content (AvgIpc) is 3.35. The Bertz CT molecular complexity index is 1160. The molecule has 1 heterocycles. The SMILES string of the molecule is CCC(C)Nc1ncc(C(=O)NC(C)c2ccc(F)cc2)c(C2(c3ccc(Cl)cc3)CCCC2)n1. The first-order valence-corrected chi connectivity index (χ1v) is 12.7. The zero-order valence-corrected chi connectivity index (χ0v) is 21.2. The van der Waals surface area contributed by atoms with Gasteiger partial charge in [0.15, 0.2) is 0 Å². The van der Waals surface area contributed by atoms with E-state index in [9.17, 15) is 9.18 Å². The normalized spacial score (nSPS) is 16.5. The Kier molecular flexibility index (Phi) is 7.70. The second kappa shape index (κ2) is 10.7. The molecule has 2 aromatic carbocycles. The van der Waals surface area contributed by atoms with Crippen LogP contribution in [0.3, 0.4) is 0 Å². The van der Waals surface area contributed by atoms with Crippen LogP contribution in [0.25, 0.3) is 0 Å². The number of hydrogen-bond donors (Lipinski definition) is 2. The lowest BCUT2D eigenvalue weighted by Crippen LogP contribution is -2.34. The minimum atomic E-state index is -0.398. The number of carbonyl (C=O) groups excluding carboxylic acids is 1. The number of hydrogen-bond acceptors (Lipinski definition) is 4. The Balaban J connectivity index is 1.75. The highest BCUT2D eigenvalue weighted by atomic mass is 35.5. The fraction of sp³-hybridized carbons (Fsp3) is 0.393. The van der Waals surface area contributed by atoms with Crippen molar-refractivity contribution in [2.75, 3.05) is 5.32 Å². The van der Waals surface area contributed by atoms with Gasteiger partial charge in [0.2, 0.25) is 5.95 Å². The molecular weight excluding hydrogens is 463 g/mol. The predicted octanol–water partition coefficient (Wildman–Crippen LogP) is 6.83. The first-order chi connectivity index (χ1) is 16.8. The number of amides is 1. The molecule has 1 aromatic heterocycles. The maximum atomic E-state index is 13.6. The number of aromatic nitrogens is 2. The van der Waals surface area contributed by atoms with Crippen molar-refractivity contribution >= 4 is 23.5 Å². The van der Waals surface area contributed by atoms with Crippen molar-refractivity contribution < 1.29 is 9.18 Å². The molecule has 0 radical (unpaired) electrons. The summed E-state index contributed by atoms with van der Waals surface area (Å²) in [6.45, 7) is 6.07. The summed E-state index contributed by atoms with van der Waals surface area (Å²) < 4.78 is 13.4. The van der Waals surface area contributed by atoms with Crippen molar-refractivity contribution in [2.24, 2.45) is 0 Å². The molecule has 0 spiro atoms. The van der Waals surface area contributed by atoms with Crippen LogP contribution in [0.5, 0.6) is 0 Å². The number of anilines is 1. The largest absolute Gasteiger partial charge is 0.352 e. The molecule has 35 heavy (non-hydrogen) atoms. The first-order valence-electron chi connectivity index (χ1n) is 12.3. The lowest BCUT2D eigenvalue weighted by atomic mass is 9.74. The molecule has 3 aromatic rings. The number of carbonyl (C=O) groups is 1. The van der Waals surface area contributed by atoms with Gasteiger partial charge in [-0.05, 0) is 68.5 Å². The predicted molar refractivity (Wildman–Crippen MR) is 138 cm³/mol. The highest BCUT2D eigenvalue weighted by molar-refractivity contribution is 6.30. The van der Waals surface area contributed by atoms with Crippen LogP contribution in [0.4, 0.5) is 10.3 Å². The topological polar surface area (TPSA) is 66.9 Å². The van der Waals surface area contributed by atoms with E-state index in [1.54, 1.807) is 18.3 Å². The zero-order valence-electron chi connectivity index (χ0n) is 20.4. The summed E-state index contributed by atoms with van der Waals surface area (Å²) >= 11 is 6.19. The van der Waals surface area contributed by atoms with Crippen molar-refractivity contribution in [3.05, 3.63) is 88.0 Å². The van der Waals surface area contributed by atoms with Crippen LogP contribution in [0, 0.1) is 5.82 Å². The van der Waals surface area contributed by atoms with Gasteiger partial charge in [0, 0.05) is 22.7 Å². The van der Waals surface area contributed by atoms with Crippen LogP contribution < -0.4 is 10.6 Å². The highest BCUT2D eigenvalue weighted by Crippen LogP contribution is 2.47. The van der Waals surface area contributed by atoms with Gasteiger partial charge in [0.25, 0.3) is 5.91 Å². The highest BCUT2D eigenvalue weighted by Gasteiger charge is 2.42. The van der Waals surface area contributed by atoms with E-state index in [4.69, 9.17) is 16.6 Å². The smallest absolute Gasteiger partial charge is 0.255 e. The van der Waals surface area contributed by atoms with Gasteiger partial charge in [-0.1, -0.05) is 55.6 Å². The number of rotatable bonds is 8. The zero-order chi connectivity index (χ0) is 25.0. The first kappa shape index (κ1) is 25.1. The van der Waals surface area contributed by atoms with E-state index in [0.29, 0.717) is 16.5 Å². The molecule has 5 nitrogen and oxygen atoms in total. The fourth-order valence-electron chi connectivity index (χ4n) is 4.82. The maximum absolute atomic E-state index is 13.6. The molecule has 184 valence electrons. The quantitative estimate of drug-likeness (QED) is 0.360. The molecule has 2 atom stereocenters. The van der Waals surface area contributed by atoms with E-state index in [2.05, 4.69) is 29.5 Å². The van der Waals surface area contributed by atoms with Gasteiger partial charge >= 0.3 is 0 Å². The van der Waals surface area contributed by atoms with E-state index in [1.165, 1.54) is 12.1 Å². The molecule has 1 fully saturated rings. The van der Waals surface area contributed by atoms with Gasteiger partial charge in [0.1, 0.15) is 5.82 Å². The van der Waals surface area contributed by atoms with Gasteiger partial charge < -0.3 is 10.6 Å². The molecule has 2 unspecified atom stereocenters. The summed E-state index contributed by atoms with van der Waals surface area (Å²) in [7, 11) is 0. The molecule has 1 amide bonds. The standard InChI is InChI=1S/C28H32ClFN4O/c1-4-18(2)32-27-31-17-24(26(35)33-19(3)20-7-13-23(30)14-8-20)25(34-27)28(15-5-6-16-28)21-9-11-22(29)12-10-21/h7-14,17-19H,4-6,15-16H2,1-3H3,(H,33,35)(H,31,32,34). The lowest BCUT2D eigenvalue weighted by molar-refractivity contribution is 0.0936. The van der Waals surface area contributed by atoms with Gasteiger partial charge in [-0.25, -0.2) is 14.4 Å². The molecule has 0 aliphatic heterocycles. The summed E-state index contributed by atoms with van der Waals surface area (Å²) in [6, 6.07) is 13.9. The summed E-state index contributed by atoms with van der Waals surface area (Å²) in [5, 5.41) is 7.10. The third kappa shape index (κ3) is 5.48. The molecule has 1 aliphatic carbocycles. The third-order valence-electron chi connectivity index (χ3n) is 7.05. The van der Waals surface area contributed by atoms with Crippen LogP contribution in [-0.2, 0) is 5.41 Å². The Hall–Kier alpha value is -2.99. The number of benzene rings is 2. The molecule has 1 aliphatic rings. The summed E-state index contributed by atoms with van der Waals surface area (Å²) in [4.78, 5) is 23.0. The second-order valence-corrected chi connectivity index (χ2v) is 9.89. The Morgan fingerprint density at radius 2 is 1.74 bits per heavy atom. The van der Waals surface area contributed by atoms with E-state index in [1.807, 2.05) is 31.2 Å². The maximum Gasteiger partial charge on any atom is 0.255 e. The van der Waals surface area contributed by atoms with Crippen molar-refractivity contribution in [3.63, 3.8) is 0 Å². The van der Waals surface area contributed by atoms with Crippen molar-refractivity contribution in [3.8, 4) is 0 Å². The molecular formula is C28H32ClFN4O. The minimum absolute atomic E-state index is 0.205. The second-order valence-electron chi connectivity index (χ2n) is 9.45. The van der Waals surface area contributed by atoms with Crippen molar-refractivity contribution in [1.82, 2.24) is 15.3 Å². The van der Waals surface area contributed by atoms with E-state index in [-0.39, 0.29) is 23.8 Å². The molecule has 7 heteroatoms. The van der Waals surface area contributed by atoms with Crippen molar-refractivity contribution in [2.45, 2.75) is 70.4 Å². The third-order valence-corrected chi connectivity index (χ3v) is 7.30. The Morgan fingerprint density at radius 1 is 1.09 bits per heavy atom. The van der Waals surface area contributed by atoms with Gasteiger partial charge in [-0.15, -0.1) is 0 Å². The molecule has 0 saturated heterocycles. The lowest BCUT2D eigenvalue weighted by Gasteiger charge is -2.31. The molecule has 2 N–H and O–H groups in total. The minimum Gasteiger partial charge on any atom is -0.352 e. The van der Waals surface area contributed by atoms with Gasteiger partial charge in [0.05, 0.1) is 17.3 Å².